The molecule has 1 aliphatic carbocycles. The Morgan fingerprint density at radius 3 is 2.10 bits per heavy atom. The molecule has 116 valence electrons. The van der Waals surface area contributed by atoms with E-state index < -0.39 is 0 Å². The van der Waals surface area contributed by atoms with Gasteiger partial charge in [0.2, 0.25) is 5.91 Å². The van der Waals surface area contributed by atoms with Gasteiger partial charge in [-0.15, -0.1) is 0 Å². The van der Waals surface area contributed by atoms with Crippen LogP contribution in [0.4, 0.5) is 0 Å². The van der Waals surface area contributed by atoms with E-state index in [9.17, 15) is 4.79 Å². The Hall–Kier alpha value is -0.570. The molecule has 1 amide bonds. The average Bonchev–Trinajstić information content (AvgIpc) is 2.51. The summed E-state index contributed by atoms with van der Waals surface area (Å²) in [4.78, 5) is 14.8. The highest BCUT2D eigenvalue weighted by molar-refractivity contribution is 5.84. The molecule has 0 aromatic heterocycles. The van der Waals surface area contributed by atoms with Gasteiger partial charge in [-0.1, -0.05) is 41.5 Å². The van der Waals surface area contributed by atoms with Gasteiger partial charge in [0, 0.05) is 6.04 Å². The van der Waals surface area contributed by atoms with Crippen LogP contribution >= 0.6 is 0 Å². The topological polar surface area (TPSA) is 32.3 Å². The Kier molecular flexibility index (Phi) is 3.96. The fourth-order valence-electron chi connectivity index (χ4n) is 4.67. The van der Waals surface area contributed by atoms with Crippen LogP contribution in [-0.4, -0.2) is 29.1 Å². The van der Waals surface area contributed by atoms with Crippen molar-refractivity contribution in [2.45, 2.75) is 86.0 Å². The summed E-state index contributed by atoms with van der Waals surface area (Å²) < 4.78 is 0. The van der Waals surface area contributed by atoms with E-state index in [4.69, 9.17) is 0 Å². The molecule has 0 bridgehead atoms. The van der Waals surface area contributed by atoms with Crippen molar-refractivity contribution >= 4 is 5.91 Å². The minimum Gasteiger partial charge on any atom is -0.323 e. The molecule has 2 unspecified atom stereocenters. The number of nitrogens with zero attached hydrogens (tertiary/aromatic N) is 1. The smallest absolute Gasteiger partial charge is 0.240 e. The molecular formula is C17H32N2O. The number of amides is 1. The van der Waals surface area contributed by atoms with Gasteiger partial charge in [-0.2, -0.15) is 0 Å². The molecule has 20 heavy (non-hydrogen) atoms. The third-order valence-electron chi connectivity index (χ3n) is 4.90. The first-order valence-electron chi connectivity index (χ1n) is 8.11. The maximum Gasteiger partial charge on any atom is 0.240 e. The quantitative estimate of drug-likeness (QED) is 0.841. The highest BCUT2D eigenvalue weighted by Crippen LogP contribution is 2.48. The molecule has 2 rings (SSSR count). The predicted octanol–water partition coefficient (Wildman–Crippen LogP) is 3.39. The van der Waals surface area contributed by atoms with Crippen molar-refractivity contribution in [2.75, 3.05) is 0 Å². The minimum absolute atomic E-state index is 0.0319. The van der Waals surface area contributed by atoms with Crippen LogP contribution in [0.2, 0.25) is 0 Å². The van der Waals surface area contributed by atoms with Gasteiger partial charge in [-0.05, 0) is 42.9 Å². The standard InChI is InChI=1S/C17H32N2O/c1-11(2)14-18-12(3)15(20)19(14)13-8-16(4,5)10-17(6,7)9-13/h11-14,18H,8-10H2,1-7H3. The average molecular weight is 280 g/mol. The molecule has 1 saturated heterocycles. The van der Waals surface area contributed by atoms with Gasteiger partial charge < -0.3 is 4.90 Å². The molecule has 2 fully saturated rings. The second kappa shape index (κ2) is 5.01. The normalized spacial score (nSPS) is 34.0. The molecule has 0 radical (unpaired) electrons. The molecule has 1 saturated carbocycles. The number of hydrogen-bond acceptors (Lipinski definition) is 2. The van der Waals surface area contributed by atoms with Gasteiger partial charge in [0.1, 0.15) is 0 Å². The van der Waals surface area contributed by atoms with Crippen molar-refractivity contribution in [3.8, 4) is 0 Å². The molecule has 0 spiro atoms. The summed E-state index contributed by atoms with van der Waals surface area (Å²) in [5.41, 5.74) is 0.639. The Morgan fingerprint density at radius 1 is 1.15 bits per heavy atom. The van der Waals surface area contributed by atoms with Crippen LogP contribution in [0.15, 0.2) is 0 Å². The van der Waals surface area contributed by atoms with Crippen LogP contribution in [0, 0.1) is 16.7 Å². The molecule has 1 heterocycles. The molecule has 2 atom stereocenters. The maximum atomic E-state index is 12.6. The van der Waals surface area contributed by atoms with E-state index in [1.165, 1.54) is 6.42 Å². The zero-order chi connectivity index (χ0) is 15.3. The van der Waals surface area contributed by atoms with Crippen LogP contribution in [0.5, 0.6) is 0 Å². The summed E-state index contributed by atoms with van der Waals surface area (Å²) in [5.74, 6) is 0.749. The van der Waals surface area contributed by atoms with E-state index >= 15 is 0 Å². The zero-order valence-corrected chi connectivity index (χ0v) is 14.3. The van der Waals surface area contributed by atoms with Crippen molar-refractivity contribution in [1.29, 1.82) is 0 Å². The lowest BCUT2D eigenvalue weighted by atomic mass is 9.63. The lowest BCUT2D eigenvalue weighted by Crippen LogP contribution is -2.52. The van der Waals surface area contributed by atoms with Crippen molar-refractivity contribution < 1.29 is 4.79 Å². The molecular weight excluding hydrogens is 248 g/mol. The van der Waals surface area contributed by atoms with E-state index in [-0.39, 0.29) is 12.2 Å². The van der Waals surface area contributed by atoms with Gasteiger partial charge in [0.05, 0.1) is 12.2 Å². The Balaban J connectivity index is 2.26. The van der Waals surface area contributed by atoms with Crippen LogP contribution < -0.4 is 5.32 Å². The van der Waals surface area contributed by atoms with Crippen molar-refractivity contribution in [3.63, 3.8) is 0 Å². The summed E-state index contributed by atoms with van der Waals surface area (Å²) in [5, 5.41) is 3.48. The van der Waals surface area contributed by atoms with Gasteiger partial charge in [0.15, 0.2) is 0 Å². The van der Waals surface area contributed by atoms with Crippen LogP contribution in [0.1, 0.15) is 67.7 Å². The second-order valence-corrected chi connectivity index (χ2v) is 8.89. The van der Waals surface area contributed by atoms with E-state index in [1.54, 1.807) is 0 Å². The summed E-state index contributed by atoms with van der Waals surface area (Å²) in [7, 11) is 0. The van der Waals surface area contributed by atoms with E-state index in [2.05, 4.69) is 51.8 Å². The highest BCUT2D eigenvalue weighted by atomic mass is 16.2. The van der Waals surface area contributed by atoms with Gasteiger partial charge >= 0.3 is 0 Å². The molecule has 3 nitrogen and oxygen atoms in total. The summed E-state index contributed by atoms with van der Waals surface area (Å²) in [6.45, 7) is 15.8. The number of carbonyl (C=O) groups is 1. The Morgan fingerprint density at radius 2 is 1.65 bits per heavy atom. The minimum atomic E-state index is -0.0319. The van der Waals surface area contributed by atoms with Gasteiger partial charge in [0.25, 0.3) is 0 Å². The van der Waals surface area contributed by atoms with Crippen LogP contribution in [0.3, 0.4) is 0 Å². The number of rotatable bonds is 2. The first-order chi connectivity index (χ1) is 9.02. The highest BCUT2D eigenvalue weighted by Gasteiger charge is 2.47. The summed E-state index contributed by atoms with van der Waals surface area (Å²) in [6.07, 6.45) is 3.69. The van der Waals surface area contributed by atoms with E-state index in [0.29, 0.717) is 28.7 Å². The first-order valence-corrected chi connectivity index (χ1v) is 8.11. The molecule has 0 aromatic rings. The molecule has 1 N–H and O–H groups in total. The number of carbonyl (C=O) groups excluding carboxylic acids is 1. The fraction of sp³-hybridized carbons (Fsp3) is 0.941. The Labute approximate surface area is 124 Å². The van der Waals surface area contributed by atoms with Crippen molar-refractivity contribution in [3.05, 3.63) is 0 Å². The largest absolute Gasteiger partial charge is 0.323 e. The van der Waals surface area contributed by atoms with Crippen molar-refractivity contribution in [1.82, 2.24) is 10.2 Å². The number of hydrogen-bond donors (Lipinski definition) is 1. The molecule has 3 heteroatoms. The SMILES string of the molecule is CC1NC(C(C)C)N(C2CC(C)(C)CC(C)(C)C2)C1=O. The van der Waals surface area contributed by atoms with Gasteiger partial charge in [-0.3, -0.25) is 10.1 Å². The second-order valence-electron chi connectivity index (χ2n) is 8.89. The Bertz CT molecular complexity index is 370. The number of nitrogens with one attached hydrogen (secondary N) is 1. The fourth-order valence-corrected chi connectivity index (χ4v) is 4.67. The third kappa shape index (κ3) is 3.03. The lowest BCUT2D eigenvalue weighted by Gasteiger charge is -2.49. The van der Waals surface area contributed by atoms with Crippen LogP contribution in [0.25, 0.3) is 0 Å². The molecule has 2 aliphatic rings. The summed E-state index contributed by atoms with van der Waals surface area (Å²) in [6, 6.07) is 0.349. The zero-order valence-electron chi connectivity index (χ0n) is 14.3. The monoisotopic (exact) mass is 280 g/mol. The van der Waals surface area contributed by atoms with E-state index in [0.717, 1.165) is 12.8 Å². The van der Waals surface area contributed by atoms with Crippen LogP contribution in [-0.2, 0) is 4.79 Å². The predicted molar refractivity (Wildman–Crippen MR) is 83.3 cm³/mol. The van der Waals surface area contributed by atoms with Crippen molar-refractivity contribution in [2.24, 2.45) is 16.7 Å². The molecule has 0 aromatic carbocycles. The molecule has 1 aliphatic heterocycles. The lowest BCUT2D eigenvalue weighted by molar-refractivity contribution is -0.135. The third-order valence-corrected chi connectivity index (χ3v) is 4.90. The maximum absolute atomic E-state index is 12.6. The van der Waals surface area contributed by atoms with E-state index in [1.807, 2.05) is 6.92 Å². The first kappa shape index (κ1) is 15.8. The van der Waals surface area contributed by atoms with Gasteiger partial charge in [-0.25, -0.2) is 0 Å². The summed E-state index contributed by atoms with van der Waals surface area (Å²) >= 11 is 0.